The first-order chi connectivity index (χ1) is 12.9. The molecule has 140 valence electrons. The number of aromatic nitrogens is 2. The monoisotopic (exact) mass is 384 g/mol. The van der Waals surface area contributed by atoms with Gasteiger partial charge in [0.15, 0.2) is 0 Å². The van der Waals surface area contributed by atoms with Crippen molar-refractivity contribution in [1.82, 2.24) is 15.0 Å². The van der Waals surface area contributed by atoms with Crippen LogP contribution in [-0.2, 0) is 10.0 Å². The topological polar surface area (TPSA) is 96.4 Å². The molecule has 2 N–H and O–H groups in total. The van der Waals surface area contributed by atoms with Gasteiger partial charge in [-0.2, -0.15) is 18.6 Å². The van der Waals surface area contributed by atoms with E-state index in [1.165, 1.54) is 6.21 Å². The number of sulfonamides is 1. The van der Waals surface area contributed by atoms with E-state index in [-0.39, 0.29) is 4.90 Å². The van der Waals surface area contributed by atoms with Crippen molar-refractivity contribution >= 4 is 16.2 Å². The van der Waals surface area contributed by atoms with Crippen LogP contribution < -0.4 is 9.57 Å². The maximum absolute atomic E-state index is 12.5. The quantitative estimate of drug-likeness (QED) is 0.504. The summed E-state index contributed by atoms with van der Waals surface area (Å²) >= 11 is 0. The highest BCUT2D eigenvalue weighted by molar-refractivity contribution is 7.89. The van der Waals surface area contributed by atoms with Crippen LogP contribution >= 0.6 is 0 Å². The lowest BCUT2D eigenvalue weighted by atomic mass is 10.1. The van der Waals surface area contributed by atoms with Crippen LogP contribution in [0.1, 0.15) is 16.7 Å². The molecule has 0 bridgehead atoms. The minimum Gasteiger partial charge on any atom is -0.497 e. The fourth-order valence-corrected chi connectivity index (χ4v) is 3.72. The molecular formula is C19H20N4O3S. The van der Waals surface area contributed by atoms with E-state index in [1.807, 2.05) is 37.3 Å². The Bertz CT molecular complexity index is 1070. The third-order valence-corrected chi connectivity index (χ3v) is 5.42. The minimum atomic E-state index is -3.75. The van der Waals surface area contributed by atoms with Crippen LogP contribution in [0.3, 0.4) is 0 Å². The average molecular weight is 384 g/mol. The molecule has 0 amide bonds. The Balaban J connectivity index is 1.81. The summed E-state index contributed by atoms with van der Waals surface area (Å²) in [7, 11) is -2.15. The molecule has 3 aromatic rings. The Hall–Kier alpha value is -3.13. The van der Waals surface area contributed by atoms with Gasteiger partial charge in [-0.3, -0.25) is 5.10 Å². The zero-order valence-corrected chi connectivity index (χ0v) is 16.0. The van der Waals surface area contributed by atoms with Crippen molar-refractivity contribution in [2.75, 3.05) is 7.11 Å². The zero-order valence-electron chi connectivity index (χ0n) is 15.2. The van der Waals surface area contributed by atoms with Crippen molar-refractivity contribution in [2.45, 2.75) is 18.7 Å². The summed E-state index contributed by atoms with van der Waals surface area (Å²) in [6.07, 6.45) is 3.00. The van der Waals surface area contributed by atoms with E-state index in [1.54, 1.807) is 32.4 Å². The summed E-state index contributed by atoms with van der Waals surface area (Å²) in [5, 5.41) is 10.8. The first-order valence-electron chi connectivity index (χ1n) is 8.20. The molecule has 0 unspecified atom stereocenters. The number of methoxy groups -OCH3 is 1. The van der Waals surface area contributed by atoms with Gasteiger partial charge in [0.2, 0.25) is 0 Å². The predicted molar refractivity (Wildman–Crippen MR) is 104 cm³/mol. The molecular weight excluding hydrogens is 364 g/mol. The highest BCUT2D eigenvalue weighted by Crippen LogP contribution is 2.23. The first kappa shape index (κ1) is 18.7. The fourth-order valence-electron chi connectivity index (χ4n) is 2.59. The number of aromatic amines is 1. The fraction of sp³-hybridized carbons (Fsp3) is 0.158. The molecule has 8 heteroatoms. The lowest BCUT2D eigenvalue weighted by Crippen LogP contribution is -2.19. The van der Waals surface area contributed by atoms with E-state index in [0.29, 0.717) is 11.1 Å². The lowest BCUT2D eigenvalue weighted by Gasteiger charge is -2.07. The summed E-state index contributed by atoms with van der Waals surface area (Å²) in [5.74, 6) is 0.745. The second kappa shape index (κ2) is 7.63. The molecule has 0 aliphatic carbocycles. The maximum atomic E-state index is 12.5. The molecule has 0 fully saturated rings. The molecule has 0 aliphatic rings. The zero-order chi connectivity index (χ0) is 19.4. The van der Waals surface area contributed by atoms with Gasteiger partial charge in [0.05, 0.1) is 30.1 Å². The molecule has 0 aliphatic heterocycles. The summed E-state index contributed by atoms with van der Waals surface area (Å²) in [6.45, 7) is 3.59. The van der Waals surface area contributed by atoms with Crippen LogP contribution in [0.4, 0.5) is 0 Å². The van der Waals surface area contributed by atoms with Crippen LogP contribution in [0.15, 0.2) is 58.7 Å². The average Bonchev–Trinajstić information content (AvgIpc) is 3.12. The van der Waals surface area contributed by atoms with Crippen LogP contribution in [-0.4, -0.2) is 31.9 Å². The molecule has 0 spiro atoms. The van der Waals surface area contributed by atoms with Gasteiger partial charge in [0.25, 0.3) is 10.0 Å². The van der Waals surface area contributed by atoms with Gasteiger partial charge in [-0.1, -0.05) is 12.1 Å². The van der Waals surface area contributed by atoms with Crippen LogP contribution in [0.5, 0.6) is 5.75 Å². The third-order valence-electron chi connectivity index (χ3n) is 4.06. The SMILES string of the molecule is COc1ccc(-c2[nH]ncc2/C=N\NS(=O)(=O)c2cc(C)ccc2C)cc1. The number of hydrogen-bond donors (Lipinski definition) is 2. The largest absolute Gasteiger partial charge is 0.497 e. The second-order valence-corrected chi connectivity index (χ2v) is 7.68. The molecule has 0 atom stereocenters. The smallest absolute Gasteiger partial charge is 0.276 e. The van der Waals surface area contributed by atoms with Crippen molar-refractivity contribution in [2.24, 2.45) is 5.10 Å². The first-order valence-corrected chi connectivity index (χ1v) is 9.69. The van der Waals surface area contributed by atoms with Gasteiger partial charge in [0, 0.05) is 11.1 Å². The Morgan fingerprint density at radius 1 is 1.15 bits per heavy atom. The van der Waals surface area contributed by atoms with E-state index in [2.05, 4.69) is 20.1 Å². The van der Waals surface area contributed by atoms with Crippen LogP contribution in [0.25, 0.3) is 11.3 Å². The molecule has 7 nitrogen and oxygen atoms in total. The number of benzene rings is 2. The van der Waals surface area contributed by atoms with Crippen molar-refractivity contribution in [3.05, 3.63) is 65.4 Å². The van der Waals surface area contributed by atoms with Gasteiger partial charge >= 0.3 is 0 Å². The van der Waals surface area contributed by atoms with Crippen molar-refractivity contribution < 1.29 is 13.2 Å². The van der Waals surface area contributed by atoms with Gasteiger partial charge in [-0.25, -0.2) is 4.83 Å². The van der Waals surface area contributed by atoms with Crippen LogP contribution in [0.2, 0.25) is 0 Å². The molecule has 0 saturated heterocycles. The molecule has 3 rings (SSSR count). The van der Waals surface area contributed by atoms with Crippen molar-refractivity contribution in [1.29, 1.82) is 0 Å². The number of nitrogens with one attached hydrogen (secondary N) is 2. The molecule has 27 heavy (non-hydrogen) atoms. The summed E-state index contributed by atoms with van der Waals surface area (Å²) < 4.78 is 30.1. The molecule has 0 radical (unpaired) electrons. The maximum Gasteiger partial charge on any atom is 0.276 e. The van der Waals surface area contributed by atoms with E-state index < -0.39 is 10.0 Å². The second-order valence-electron chi connectivity index (χ2n) is 6.05. The molecule has 2 aromatic carbocycles. The number of H-pyrrole nitrogens is 1. The van der Waals surface area contributed by atoms with Crippen LogP contribution in [0, 0.1) is 13.8 Å². The molecule has 0 saturated carbocycles. The van der Waals surface area contributed by atoms with Gasteiger partial charge in [-0.15, -0.1) is 0 Å². The van der Waals surface area contributed by atoms with E-state index >= 15 is 0 Å². The van der Waals surface area contributed by atoms with Crippen molar-refractivity contribution in [3.8, 4) is 17.0 Å². The number of nitrogens with zero attached hydrogens (tertiary/aromatic N) is 2. The number of hydrazone groups is 1. The Kier molecular flexibility index (Phi) is 5.27. The van der Waals surface area contributed by atoms with Gasteiger partial charge in [-0.05, 0) is 55.3 Å². The number of ether oxygens (including phenoxy) is 1. The van der Waals surface area contributed by atoms with E-state index in [4.69, 9.17) is 4.74 Å². The Morgan fingerprint density at radius 2 is 1.89 bits per heavy atom. The van der Waals surface area contributed by atoms with E-state index in [9.17, 15) is 8.42 Å². The van der Waals surface area contributed by atoms with Gasteiger partial charge < -0.3 is 4.74 Å². The standard InChI is InChI=1S/C19H20N4O3S/c1-13-4-5-14(2)18(10-13)27(24,25)23-21-12-16-11-20-22-19(16)15-6-8-17(26-3)9-7-15/h4-12,23H,1-3H3,(H,20,22)/b21-12-. The van der Waals surface area contributed by atoms with E-state index in [0.717, 1.165) is 22.6 Å². The highest BCUT2D eigenvalue weighted by atomic mass is 32.2. The number of rotatable bonds is 6. The van der Waals surface area contributed by atoms with Crippen molar-refractivity contribution in [3.63, 3.8) is 0 Å². The molecule has 1 heterocycles. The highest BCUT2D eigenvalue weighted by Gasteiger charge is 2.16. The normalized spacial score (nSPS) is 11.7. The molecule has 1 aromatic heterocycles. The Morgan fingerprint density at radius 3 is 2.59 bits per heavy atom. The minimum absolute atomic E-state index is 0.210. The predicted octanol–water partition coefficient (Wildman–Crippen LogP) is 3.01. The third kappa shape index (κ3) is 4.17. The summed E-state index contributed by atoms with van der Waals surface area (Å²) in [4.78, 5) is 2.47. The number of aryl methyl sites for hydroxylation is 2. The number of hydrogen-bond acceptors (Lipinski definition) is 5. The Labute approximate surface area is 158 Å². The van der Waals surface area contributed by atoms with Gasteiger partial charge in [0.1, 0.15) is 5.75 Å². The summed E-state index contributed by atoms with van der Waals surface area (Å²) in [5.41, 5.74) is 3.79. The lowest BCUT2D eigenvalue weighted by molar-refractivity contribution is 0.415. The summed E-state index contributed by atoms with van der Waals surface area (Å²) in [6, 6.07) is 12.7.